The molecule has 3 fully saturated rings. The molecule has 2 saturated carbocycles. The van der Waals surface area contributed by atoms with Gasteiger partial charge in [-0.1, -0.05) is 31.6 Å². The van der Waals surface area contributed by atoms with Crippen molar-refractivity contribution in [2.75, 3.05) is 6.54 Å². The molecule has 104 valence electrons. The van der Waals surface area contributed by atoms with E-state index in [2.05, 4.69) is 11.2 Å². The Hall–Kier alpha value is -1.01. The van der Waals surface area contributed by atoms with E-state index in [4.69, 9.17) is 6.42 Å². The number of carbonyl (C=O) groups excluding carboxylic acids is 1. The van der Waals surface area contributed by atoms with E-state index in [-0.39, 0.29) is 17.1 Å². The van der Waals surface area contributed by atoms with Crippen LogP contribution in [-0.4, -0.2) is 28.6 Å². The summed E-state index contributed by atoms with van der Waals surface area (Å²) < 4.78 is 0. The molecule has 1 saturated heterocycles. The first-order valence-corrected chi connectivity index (χ1v) is 7.77. The summed E-state index contributed by atoms with van der Waals surface area (Å²) in [6, 6.07) is 0. The molecule has 2 spiro atoms. The molecule has 3 heteroatoms. The van der Waals surface area contributed by atoms with Crippen molar-refractivity contribution in [3.63, 3.8) is 0 Å². The minimum Gasteiger partial charge on any atom is -0.312 e. The third-order valence-electron chi connectivity index (χ3n) is 5.28. The Morgan fingerprint density at radius 3 is 2.21 bits per heavy atom. The lowest BCUT2D eigenvalue weighted by Crippen LogP contribution is -2.56. The summed E-state index contributed by atoms with van der Waals surface area (Å²) in [5, 5.41) is 3.79. The zero-order valence-electron chi connectivity index (χ0n) is 11.7. The van der Waals surface area contributed by atoms with Crippen molar-refractivity contribution < 1.29 is 4.79 Å². The van der Waals surface area contributed by atoms with Gasteiger partial charge in [0.1, 0.15) is 0 Å². The second kappa shape index (κ2) is 4.83. The molecule has 1 N–H and O–H groups in total. The number of carbonyl (C=O) groups is 1. The monoisotopic (exact) mass is 260 g/mol. The average molecular weight is 260 g/mol. The predicted molar refractivity (Wildman–Crippen MR) is 75.3 cm³/mol. The molecule has 0 radical (unpaired) electrons. The lowest BCUT2D eigenvalue weighted by Gasteiger charge is -2.41. The van der Waals surface area contributed by atoms with Gasteiger partial charge in [0, 0.05) is 0 Å². The van der Waals surface area contributed by atoms with E-state index in [0.29, 0.717) is 6.54 Å². The molecule has 3 nitrogen and oxygen atoms in total. The average Bonchev–Trinajstić information content (AvgIpc) is 2.64. The fourth-order valence-corrected chi connectivity index (χ4v) is 4.36. The van der Waals surface area contributed by atoms with Crippen LogP contribution in [0.15, 0.2) is 0 Å². The first kappa shape index (κ1) is 13.0. The molecule has 0 aromatic rings. The Morgan fingerprint density at radius 2 is 1.63 bits per heavy atom. The van der Waals surface area contributed by atoms with Gasteiger partial charge >= 0.3 is 0 Å². The van der Waals surface area contributed by atoms with Gasteiger partial charge in [0.25, 0.3) is 0 Å². The molecule has 19 heavy (non-hydrogen) atoms. The highest BCUT2D eigenvalue weighted by Crippen LogP contribution is 2.44. The SMILES string of the molecule is C#CCN1C(=O)C2(CCCCC2)NC12CCCCC2. The van der Waals surface area contributed by atoms with Crippen LogP contribution in [0.3, 0.4) is 0 Å². The third kappa shape index (κ3) is 1.97. The normalized spacial score (nSPS) is 28.8. The Morgan fingerprint density at radius 1 is 1.05 bits per heavy atom. The number of nitrogens with zero attached hydrogens (tertiary/aromatic N) is 1. The molecular weight excluding hydrogens is 236 g/mol. The number of hydrogen-bond acceptors (Lipinski definition) is 2. The van der Waals surface area contributed by atoms with Crippen LogP contribution in [0, 0.1) is 12.3 Å². The van der Waals surface area contributed by atoms with Crippen LogP contribution < -0.4 is 5.32 Å². The van der Waals surface area contributed by atoms with E-state index in [9.17, 15) is 4.79 Å². The number of terminal acetylenes is 1. The van der Waals surface area contributed by atoms with Crippen molar-refractivity contribution in [1.82, 2.24) is 10.2 Å². The van der Waals surface area contributed by atoms with Gasteiger partial charge in [-0.3, -0.25) is 10.1 Å². The highest BCUT2D eigenvalue weighted by molar-refractivity contribution is 5.90. The Balaban J connectivity index is 1.91. The summed E-state index contributed by atoms with van der Waals surface area (Å²) in [6.07, 6.45) is 16.9. The summed E-state index contributed by atoms with van der Waals surface area (Å²) in [5.74, 6) is 2.98. The summed E-state index contributed by atoms with van der Waals surface area (Å²) in [7, 11) is 0. The minimum absolute atomic E-state index is 0.126. The van der Waals surface area contributed by atoms with Crippen LogP contribution in [0.2, 0.25) is 0 Å². The van der Waals surface area contributed by atoms with Crippen LogP contribution in [0.25, 0.3) is 0 Å². The highest BCUT2D eigenvalue weighted by atomic mass is 16.2. The number of amides is 1. The molecule has 0 bridgehead atoms. The summed E-state index contributed by atoms with van der Waals surface area (Å²) in [5.41, 5.74) is -0.411. The van der Waals surface area contributed by atoms with Crippen LogP contribution >= 0.6 is 0 Å². The summed E-state index contributed by atoms with van der Waals surface area (Å²) in [4.78, 5) is 14.9. The summed E-state index contributed by atoms with van der Waals surface area (Å²) >= 11 is 0. The zero-order valence-corrected chi connectivity index (χ0v) is 11.7. The summed E-state index contributed by atoms with van der Waals surface area (Å²) in [6.45, 7) is 0.466. The molecule has 0 unspecified atom stereocenters. The van der Waals surface area contributed by atoms with E-state index < -0.39 is 0 Å². The van der Waals surface area contributed by atoms with Crippen LogP contribution in [-0.2, 0) is 4.79 Å². The molecular formula is C16H24N2O. The topological polar surface area (TPSA) is 32.3 Å². The molecule has 0 aromatic carbocycles. The minimum atomic E-state index is -0.285. The van der Waals surface area contributed by atoms with Gasteiger partial charge in [-0.15, -0.1) is 6.42 Å². The van der Waals surface area contributed by atoms with Crippen molar-refractivity contribution in [3.05, 3.63) is 0 Å². The van der Waals surface area contributed by atoms with Gasteiger partial charge < -0.3 is 4.90 Å². The van der Waals surface area contributed by atoms with Crippen molar-refractivity contribution >= 4 is 5.91 Å². The van der Waals surface area contributed by atoms with E-state index in [1.165, 1.54) is 38.5 Å². The maximum Gasteiger partial charge on any atom is 0.245 e. The lowest BCUT2D eigenvalue weighted by molar-refractivity contribution is -0.135. The standard InChI is InChI=1S/C16H24N2O/c1-2-13-18-14(19)15(9-5-3-6-10-15)17-16(18)11-7-4-8-12-16/h1,17H,3-13H2. The third-order valence-corrected chi connectivity index (χ3v) is 5.28. The quantitative estimate of drug-likeness (QED) is 0.734. The molecule has 3 rings (SSSR count). The second-order valence-corrected chi connectivity index (χ2v) is 6.46. The van der Waals surface area contributed by atoms with Crippen molar-refractivity contribution in [2.45, 2.75) is 75.4 Å². The predicted octanol–water partition coefficient (Wildman–Crippen LogP) is 2.41. The maximum absolute atomic E-state index is 12.9. The Bertz CT molecular complexity index is 397. The lowest BCUT2D eigenvalue weighted by atomic mass is 9.81. The molecule has 3 aliphatic rings. The van der Waals surface area contributed by atoms with Crippen LogP contribution in [0.1, 0.15) is 64.2 Å². The van der Waals surface area contributed by atoms with E-state index >= 15 is 0 Å². The van der Waals surface area contributed by atoms with Crippen LogP contribution in [0.5, 0.6) is 0 Å². The van der Waals surface area contributed by atoms with E-state index in [1.807, 2.05) is 4.90 Å². The largest absolute Gasteiger partial charge is 0.312 e. The maximum atomic E-state index is 12.9. The van der Waals surface area contributed by atoms with Crippen molar-refractivity contribution in [2.24, 2.45) is 0 Å². The van der Waals surface area contributed by atoms with Gasteiger partial charge in [-0.25, -0.2) is 0 Å². The number of hydrogen-bond donors (Lipinski definition) is 1. The highest BCUT2D eigenvalue weighted by Gasteiger charge is 2.58. The van der Waals surface area contributed by atoms with Gasteiger partial charge in [0.2, 0.25) is 5.91 Å². The molecule has 0 aromatic heterocycles. The Kier molecular flexibility index (Phi) is 3.30. The van der Waals surface area contributed by atoms with Crippen LogP contribution in [0.4, 0.5) is 0 Å². The van der Waals surface area contributed by atoms with Gasteiger partial charge in [0.05, 0.1) is 17.7 Å². The van der Waals surface area contributed by atoms with E-state index in [0.717, 1.165) is 25.7 Å². The second-order valence-electron chi connectivity index (χ2n) is 6.46. The van der Waals surface area contributed by atoms with Crippen molar-refractivity contribution in [3.8, 4) is 12.3 Å². The fourth-order valence-electron chi connectivity index (χ4n) is 4.36. The molecule has 0 atom stereocenters. The zero-order chi connectivity index (χ0) is 13.3. The van der Waals surface area contributed by atoms with Crippen molar-refractivity contribution in [1.29, 1.82) is 0 Å². The number of nitrogens with one attached hydrogen (secondary N) is 1. The van der Waals surface area contributed by atoms with Gasteiger partial charge in [-0.05, 0) is 38.5 Å². The smallest absolute Gasteiger partial charge is 0.245 e. The van der Waals surface area contributed by atoms with E-state index in [1.54, 1.807) is 0 Å². The van der Waals surface area contributed by atoms with Gasteiger partial charge in [-0.2, -0.15) is 0 Å². The molecule has 1 aliphatic heterocycles. The molecule has 1 heterocycles. The Labute approximate surface area is 116 Å². The molecule has 2 aliphatic carbocycles. The molecule has 1 amide bonds. The number of rotatable bonds is 1. The fraction of sp³-hybridized carbons (Fsp3) is 0.812. The first-order valence-electron chi connectivity index (χ1n) is 7.77. The first-order chi connectivity index (χ1) is 9.22. The van der Waals surface area contributed by atoms with Gasteiger partial charge in [0.15, 0.2) is 0 Å².